The van der Waals surface area contributed by atoms with Crippen LogP contribution in [0.1, 0.15) is 35.4 Å². The summed E-state index contributed by atoms with van der Waals surface area (Å²) in [5, 5.41) is 3.50. The average Bonchev–Trinajstić information content (AvgIpc) is 2.65. The van der Waals surface area contributed by atoms with Gasteiger partial charge < -0.3 is 5.32 Å². The van der Waals surface area contributed by atoms with Gasteiger partial charge in [-0.1, -0.05) is 13.3 Å². The largest absolute Gasteiger partial charge is 0.316 e. The van der Waals surface area contributed by atoms with Gasteiger partial charge in [0.15, 0.2) is 0 Å². The molecule has 0 radical (unpaired) electrons. The molecule has 2 heteroatoms. The van der Waals surface area contributed by atoms with E-state index in [4.69, 9.17) is 0 Å². The Morgan fingerprint density at radius 3 is 3.00 bits per heavy atom. The Kier molecular flexibility index (Phi) is 3.24. The first kappa shape index (κ1) is 10.2. The second-order valence-corrected chi connectivity index (χ2v) is 5.54. The third kappa shape index (κ3) is 2.01. The maximum atomic E-state index is 3.50. The van der Waals surface area contributed by atoms with Crippen LogP contribution in [0.2, 0.25) is 0 Å². The van der Waals surface area contributed by atoms with Crippen LogP contribution in [0.4, 0.5) is 0 Å². The Hall–Kier alpha value is -0.340. The predicted octanol–water partition coefficient (Wildman–Crippen LogP) is 3.16. The van der Waals surface area contributed by atoms with Gasteiger partial charge in [0.05, 0.1) is 0 Å². The molecule has 1 aromatic heterocycles. The summed E-state index contributed by atoms with van der Waals surface area (Å²) < 4.78 is 0. The van der Waals surface area contributed by atoms with E-state index in [9.17, 15) is 0 Å². The molecule has 0 aliphatic carbocycles. The summed E-state index contributed by atoms with van der Waals surface area (Å²) in [7, 11) is 0. The Bertz CT molecular complexity index is 292. The van der Waals surface area contributed by atoms with Crippen molar-refractivity contribution >= 4 is 11.3 Å². The van der Waals surface area contributed by atoms with Gasteiger partial charge in [-0.2, -0.15) is 0 Å². The minimum absolute atomic E-state index is 0.819. The summed E-state index contributed by atoms with van der Waals surface area (Å²) in [6.45, 7) is 6.91. The summed E-state index contributed by atoms with van der Waals surface area (Å²) in [6.07, 6.45) is 2.62. The quantitative estimate of drug-likeness (QED) is 0.789. The Balaban J connectivity index is 2.14. The lowest BCUT2D eigenvalue weighted by molar-refractivity contribution is 0.321. The second kappa shape index (κ2) is 4.45. The van der Waals surface area contributed by atoms with Crippen LogP contribution in [0, 0.1) is 12.8 Å². The number of nitrogens with one attached hydrogen (secondary N) is 1. The number of hydrogen-bond acceptors (Lipinski definition) is 2. The van der Waals surface area contributed by atoms with Crippen molar-refractivity contribution in [2.75, 3.05) is 13.1 Å². The van der Waals surface area contributed by atoms with Gasteiger partial charge in [0.2, 0.25) is 0 Å². The molecule has 2 rings (SSSR count). The summed E-state index contributed by atoms with van der Waals surface area (Å²) >= 11 is 1.99. The van der Waals surface area contributed by atoms with Crippen LogP contribution < -0.4 is 5.32 Å². The molecule has 2 unspecified atom stereocenters. The fourth-order valence-corrected chi connectivity index (χ4v) is 3.48. The fraction of sp³-hybridized carbons (Fsp3) is 0.667. The zero-order valence-electron chi connectivity index (χ0n) is 9.05. The third-order valence-corrected chi connectivity index (χ3v) is 4.39. The molecule has 14 heavy (non-hydrogen) atoms. The third-order valence-electron chi connectivity index (χ3n) is 3.26. The van der Waals surface area contributed by atoms with Crippen LogP contribution in [0.25, 0.3) is 0 Å². The van der Waals surface area contributed by atoms with Crippen LogP contribution in [0.5, 0.6) is 0 Å². The lowest BCUT2D eigenvalue weighted by atomic mass is 9.84. The van der Waals surface area contributed by atoms with Crippen LogP contribution in [-0.2, 0) is 0 Å². The average molecular weight is 209 g/mol. The normalized spacial score (nSPS) is 27.9. The summed E-state index contributed by atoms with van der Waals surface area (Å²) in [4.78, 5) is 3.06. The molecule has 2 heterocycles. The predicted molar refractivity (Wildman–Crippen MR) is 63.1 cm³/mol. The van der Waals surface area contributed by atoms with Gasteiger partial charge in [-0.3, -0.25) is 0 Å². The van der Waals surface area contributed by atoms with E-state index < -0.39 is 0 Å². The molecule has 0 aromatic carbocycles. The van der Waals surface area contributed by atoms with Gasteiger partial charge in [-0.05, 0) is 50.4 Å². The van der Waals surface area contributed by atoms with Crippen molar-refractivity contribution in [3.63, 3.8) is 0 Å². The van der Waals surface area contributed by atoms with E-state index in [1.165, 1.54) is 30.8 Å². The highest BCUT2D eigenvalue weighted by molar-refractivity contribution is 7.12. The highest BCUT2D eigenvalue weighted by atomic mass is 32.1. The van der Waals surface area contributed by atoms with Crippen molar-refractivity contribution in [3.8, 4) is 0 Å². The number of hydrogen-bond donors (Lipinski definition) is 1. The first-order valence-electron chi connectivity index (χ1n) is 5.58. The first-order valence-corrected chi connectivity index (χ1v) is 6.40. The van der Waals surface area contributed by atoms with Crippen molar-refractivity contribution < 1.29 is 0 Å². The van der Waals surface area contributed by atoms with Crippen LogP contribution in [0.15, 0.2) is 12.1 Å². The molecule has 1 N–H and O–H groups in total. The molecule has 1 aliphatic rings. The molecule has 0 amide bonds. The van der Waals surface area contributed by atoms with Gasteiger partial charge in [0.25, 0.3) is 0 Å². The highest BCUT2D eigenvalue weighted by Gasteiger charge is 2.25. The smallest absolute Gasteiger partial charge is 0.00827 e. The zero-order valence-corrected chi connectivity index (χ0v) is 9.86. The molecule has 0 bridgehead atoms. The van der Waals surface area contributed by atoms with E-state index in [-0.39, 0.29) is 0 Å². The summed E-state index contributed by atoms with van der Waals surface area (Å²) in [5.74, 6) is 1.67. The van der Waals surface area contributed by atoms with E-state index in [1.807, 2.05) is 11.3 Å². The van der Waals surface area contributed by atoms with Gasteiger partial charge >= 0.3 is 0 Å². The van der Waals surface area contributed by atoms with Crippen molar-refractivity contribution in [1.82, 2.24) is 5.32 Å². The monoisotopic (exact) mass is 209 g/mol. The van der Waals surface area contributed by atoms with Crippen molar-refractivity contribution in [1.29, 1.82) is 0 Å². The number of aryl methyl sites for hydroxylation is 1. The van der Waals surface area contributed by atoms with E-state index >= 15 is 0 Å². The number of thiophene rings is 1. The molecule has 1 fully saturated rings. The minimum atomic E-state index is 0.819. The van der Waals surface area contributed by atoms with Crippen LogP contribution >= 0.6 is 11.3 Å². The lowest BCUT2D eigenvalue weighted by Crippen LogP contribution is -2.34. The number of rotatable bonds is 2. The molecule has 1 aliphatic heterocycles. The van der Waals surface area contributed by atoms with E-state index in [1.54, 1.807) is 4.88 Å². The van der Waals surface area contributed by atoms with Gasteiger partial charge in [0, 0.05) is 9.75 Å². The Labute approximate surface area is 90.5 Å². The SMILES string of the molecule is CCC1CNCCC1c1ccc(C)s1. The van der Waals surface area contributed by atoms with Gasteiger partial charge in [0.1, 0.15) is 0 Å². The van der Waals surface area contributed by atoms with E-state index in [0.717, 1.165) is 11.8 Å². The molecule has 1 saturated heterocycles. The first-order chi connectivity index (χ1) is 6.81. The van der Waals surface area contributed by atoms with E-state index in [2.05, 4.69) is 31.3 Å². The molecule has 0 saturated carbocycles. The molecule has 1 aromatic rings. The van der Waals surface area contributed by atoms with Gasteiger partial charge in [-0.15, -0.1) is 11.3 Å². The van der Waals surface area contributed by atoms with Crippen molar-refractivity contribution in [3.05, 3.63) is 21.9 Å². The van der Waals surface area contributed by atoms with Crippen LogP contribution in [0.3, 0.4) is 0 Å². The molecule has 0 spiro atoms. The fourth-order valence-electron chi connectivity index (χ4n) is 2.38. The molecular formula is C12H19NS. The molecule has 2 atom stereocenters. The maximum Gasteiger partial charge on any atom is 0.00827 e. The second-order valence-electron chi connectivity index (χ2n) is 4.22. The Morgan fingerprint density at radius 1 is 1.50 bits per heavy atom. The van der Waals surface area contributed by atoms with E-state index in [0.29, 0.717) is 0 Å². The summed E-state index contributed by atoms with van der Waals surface area (Å²) in [5.41, 5.74) is 0. The lowest BCUT2D eigenvalue weighted by Gasteiger charge is -2.30. The van der Waals surface area contributed by atoms with Crippen LogP contribution in [-0.4, -0.2) is 13.1 Å². The molecular weight excluding hydrogens is 190 g/mol. The molecule has 78 valence electrons. The van der Waals surface area contributed by atoms with Crippen molar-refractivity contribution in [2.45, 2.75) is 32.6 Å². The summed E-state index contributed by atoms with van der Waals surface area (Å²) in [6, 6.07) is 4.59. The standard InChI is InChI=1S/C12H19NS/c1-3-10-8-13-7-6-11(10)12-5-4-9(2)14-12/h4-5,10-11,13H,3,6-8H2,1-2H3. The maximum absolute atomic E-state index is 3.50. The highest BCUT2D eigenvalue weighted by Crippen LogP contribution is 2.35. The topological polar surface area (TPSA) is 12.0 Å². The van der Waals surface area contributed by atoms with Crippen molar-refractivity contribution in [2.24, 2.45) is 5.92 Å². The molecule has 1 nitrogen and oxygen atoms in total. The number of piperidine rings is 1. The minimum Gasteiger partial charge on any atom is -0.316 e. The zero-order chi connectivity index (χ0) is 9.97. The Morgan fingerprint density at radius 2 is 2.36 bits per heavy atom. The van der Waals surface area contributed by atoms with Gasteiger partial charge in [-0.25, -0.2) is 0 Å².